The zero-order valence-electron chi connectivity index (χ0n) is 7.69. The Kier molecular flexibility index (Phi) is 2.40. The molecule has 0 aliphatic heterocycles. The normalized spacial score (nSPS) is 10.6. The van der Waals surface area contributed by atoms with E-state index in [9.17, 15) is 0 Å². The molecule has 2 rings (SSSR count). The molecule has 0 spiro atoms. The summed E-state index contributed by atoms with van der Waals surface area (Å²) in [5.74, 6) is 0.727. The molecule has 74 valence electrons. The van der Waals surface area contributed by atoms with Crippen LogP contribution in [0, 0.1) is 4.77 Å². The van der Waals surface area contributed by atoms with E-state index in [0.29, 0.717) is 10.5 Å². The molecule has 6 nitrogen and oxygen atoms in total. The topological polar surface area (TPSA) is 75.2 Å². The lowest BCUT2D eigenvalue weighted by molar-refractivity contribution is 0.673. The van der Waals surface area contributed by atoms with Crippen molar-refractivity contribution in [2.45, 2.75) is 19.9 Å². The molecule has 0 saturated carbocycles. The minimum absolute atomic E-state index is 0.616. The molecule has 0 atom stereocenters. The van der Waals surface area contributed by atoms with E-state index >= 15 is 0 Å². The number of nitrogens with one attached hydrogen (secondary N) is 2. The molecule has 0 unspecified atom stereocenters. The zero-order chi connectivity index (χ0) is 9.97. The van der Waals surface area contributed by atoms with Crippen molar-refractivity contribution < 1.29 is 0 Å². The minimum Gasteiger partial charge on any atom is -0.299 e. The summed E-state index contributed by atoms with van der Waals surface area (Å²) in [4.78, 5) is 0. The van der Waals surface area contributed by atoms with Gasteiger partial charge in [-0.05, 0) is 18.6 Å². The third-order valence-corrected chi connectivity index (χ3v) is 2.16. The van der Waals surface area contributed by atoms with E-state index in [2.05, 4.69) is 32.5 Å². The van der Waals surface area contributed by atoms with E-state index in [4.69, 9.17) is 12.2 Å². The first-order valence-corrected chi connectivity index (χ1v) is 4.75. The fourth-order valence-corrected chi connectivity index (χ4v) is 1.48. The molecule has 14 heavy (non-hydrogen) atoms. The van der Waals surface area contributed by atoms with Crippen molar-refractivity contribution in [2.75, 3.05) is 0 Å². The number of hydrogen-bond donors (Lipinski definition) is 2. The smallest absolute Gasteiger partial charge is 0.195 e. The molecule has 0 bridgehead atoms. The lowest BCUT2D eigenvalue weighted by Gasteiger charge is -2.00. The van der Waals surface area contributed by atoms with Crippen LogP contribution in [-0.2, 0) is 6.54 Å². The maximum atomic E-state index is 5.10. The van der Waals surface area contributed by atoms with Gasteiger partial charge < -0.3 is 0 Å². The quantitative estimate of drug-likeness (QED) is 0.745. The third-order valence-electron chi connectivity index (χ3n) is 1.85. The summed E-state index contributed by atoms with van der Waals surface area (Å²) >= 11 is 5.10. The first-order chi connectivity index (χ1) is 6.83. The van der Waals surface area contributed by atoms with Gasteiger partial charge in [-0.2, -0.15) is 20.5 Å². The van der Waals surface area contributed by atoms with Gasteiger partial charge in [-0.1, -0.05) is 6.92 Å². The Morgan fingerprint density at radius 3 is 3.00 bits per heavy atom. The Morgan fingerprint density at radius 1 is 1.50 bits per heavy atom. The average molecular weight is 210 g/mol. The van der Waals surface area contributed by atoms with Crippen LogP contribution in [0.1, 0.15) is 13.3 Å². The average Bonchev–Trinajstić information content (AvgIpc) is 2.77. The predicted octanol–water partition coefficient (Wildman–Crippen LogP) is 1.14. The maximum absolute atomic E-state index is 5.10. The molecule has 2 N–H and O–H groups in total. The van der Waals surface area contributed by atoms with Crippen molar-refractivity contribution in [2.24, 2.45) is 0 Å². The van der Waals surface area contributed by atoms with Gasteiger partial charge in [-0.25, -0.2) is 0 Å². The van der Waals surface area contributed by atoms with Gasteiger partial charge in [0.05, 0.1) is 6.20 Å². The molecule has 2 aromatic heterocycles. The number of aromatic nitrogens is 6. The summed E-state index contributed by atoms with van der Waals surface area (Å²) in [6.45, 7) is 2.92. The molecule has 0 fully saturated rings. The van der Waals surface area contributed by atoms with Crippen LogP contribution in [0.25, 0.3) is 11.5 Å². The monoisotopic (exact) mass is 210 g/mol. The summed E-state index contributed by atoms with van der Waals surface area (Å²) in [5, 5.41) is 17.1. The van der Waals surface area contributed by atoms with Gasteiger partial charge in [0.1, 0.15) is 5.69 Å². The van der Waals surface area contributed by atoms with Gasteiger partial charge in [0.2, 0.25) is 0 Å². The van der Waals surface area contributed by atoms with Crippen LogP contribution >= 0.6 is 12.2 Å². The lowest BCUT2D eigenvalue weighted by Crippen LogP contribution is -2.00. The van der Waals surface area contributed by atoms with E-state index in [1.54, 1.807) is 6.20 Å². The van der Waals surface area contributed by atoms with Crippen LogP contribution in [0.5, 0.6) is 0 Å². The van der Waals surface area contributed by atoms with Crippen LogP contribution < -0.4 is 0 Å². The number of hydrogen-bond acceptors (Lipinski definition) is 4. The Hall–Kier alpha value is -1.50. The molecule has 0 aromatic carbocycles. The molecular weight excluding hydrogens is 200 g/mol. The standard InChI is InChI=1S/C7H10N6S/c1-2-3-13-6(10-11-7(13)14)5-4-8-12-9-5/h4H,2-3H2,1H3,(H,11,14)(H,8,9,12). The summed E-state index contributed by atoms with van der Waals surface area (Å²) < 4.78 is 2.53. The molecule has 7 heteroatoms. The van der Waals surface area contributed by atoms with Gasteiger partial charge in [-0.3, -0.25) is 9.67 Å². The highest BCUT2D eigenvalue weighted by molar-refractivity contribution is 7.71. The van der Waals surface area contributed by atoms with E-state index < -0.39 is 0 Å². The van der Waals surface area contributed by atoms with Crippen LogP contribution in [0.15, 0.2) is 6.20 Å². The SMILES string of the molecule is CCCn1c(-c2cn[nH]n2)n[nH]c1=S. The number of rotatable bonds is 3. The van der Waals surface area contributed by atoms with Crippen molar-refractivity contribution in [1.29, 1.82) is 0 Å². The maximum Gasteiger partial charge on any atom is 0.195 e. The second kappa shape index (κ2) is 3.70. The summed E-state index contributed by atoms with van der Waals surface area (Å²) in [5.41, 5.74) is 0.700. The Labute approximate surface area is 85.4 Å². The van der Waals surface area contributed by atoms with E-state index in [-0.39, 0.29) is 0 Å². The van der Waals surface area contributed by atoms with E-state index in [1.165, 1.54) is 0 Å². The summed E-state index contributed by atoms with van der Waals surface area (Å²) in [6.07, 6.45) is 2.62. The Balaban J connectivity index is 2.48. The first-order valence-electron chi connectivity index (χ1n) is 4.34. The predicted molar refractivity (Wildman–Crippen MR) is 53.1 cm³/mol. The molecular formula is C7H10N6S. The van der Waals surface area contributed by atoms with Crippen LogP contribution in [0.2, 0.25) is 0 Å². The zero-order valence-corrected chi connectivity index (χ0v) is 8.51. The van der Waals surface area contributed by atoms with Crippen molar-refractivity contribution in [3.63, 3.8) is 0 Å². The fraction of sp³-hybridized carbons (Fsp3) is 0.429. The highest BCUT2D eigenvalue weighted by Crippen LogP contribution is 2.12. The Morgan fingerprint density at radius 2 is 2.36 bits per heavy atom. The van der Waals surface area contributed by atoms with Gasteiger partial charge in [-0.15, -0.1) is 0 Å². The van der Waals surface area contributed by atoms with Crippen LogP contribution in [0.3, 0.4) is 0 Å². The molecule has 0 aliphatic carbocycles. The highest BCUT2D eigenvalue weighted by atomic mass is 32.1. The fourth-order valence-electron chi connectivity index (χ4n) is 1.25. The molecule has 0 saturated heterocycles. The first kappa shape index (κ1) is 9.07. The van der Waals surface area contributed by atoms with Crippen molar-refractivity contribution in [1.82, 2.24) is 30.2 Å². The van der Waals surface area contributed by atoms with E-state index in [0.717, 1.165) is 18.8 Å². The molecule has 0 amide bonds. The lowest BCUT2D eigenvalue weighted by atomic mass is 10.4. The summed E-state index contributed by atoms with van der Waals surface area (Å²) in [6, 6.07) is 0. The third kappa shape index (κ3) is 1.46. The highest BCUT2D eigenvalue weighted by Gasteiger charge is 2.09. The number of H-pyrrole nitrogens is 2. The van der Waals surface area contributed by atoms with Gasteiger partial charge in [0.25, 0.3) is 0 Å². The van der Waals surface area contributed by atoms with Crippen molar-refractivity contribution >= 4 is 12.2 Å². The number of aromatic amines is 2. The Bertz CT molecular complexity index is 453. The minimum atomic E-state index is 0.616. The molecule has 0 radical (unpaired) electrons. The molecule has 0 aliphatic rings. The second-order valence-corrected chi connectivity index (χ2v) is 3.25. The number of nitrogens with zero attached hydrogens (tertiary/aromatic N) is 4. The van der Waals surface area contributed by atoms with Crippen LogP contribution in [-0.4, -0.2) is 30.2 Å². The summed E-state index contributed by atoms with van der Waals surface area (Å²) in [7, 11) is 0. The largest absolute Gasteiger partial charge is 0.299 e. The molecule has 2 aromatic rings. The van der Waals surface area contributed by atoms with Gasteiger partial charge in [0.15, 0.2) is 10.6 Å². The van der Waals surface area contributed by atoms with Gasteiger partial charge in [0, 0.05) is 6.54 Å². The van der Waals surface area contributed by atoms with Crippen LogP contribution in [0.4, 0.5) is 0 Å². The van der Waals surface area contributed by atoms with E-state index in [1.807, 2.05) is 4.57 Å². The second-order valence-electron chi connectivity index (χ2n) is 2.86. The van der Waals surface area contributed by atoms with Crippen molar-refractivity contribution in [3.8, 4) is 11.5 Å². The van der Waals surface area contributed by atoms with Gasteiger partial charge >= 0.3 is 0 Å². The van der Waals surface area contributed by atoms with Crippen molar-refractivity contribution in [3.05, 3.63) is 11.0 Å². The molecule has 2 heterocycles.